The molecular formula is C17H27N3O2Si. The zero-order valence-corrected chi connectivity index (χ0v) is 15.6. The fraction of sp³-hybridized carbons (Fsp3) is 0.647. The van der Waals surface area contributed by atoms with Crippen LogP contribution in [0.2, 0.25) is 19.6 Å². The molecule has 1 amide bonds. The van der Waals surface area contributed by atoms with E-state index in [4.69, 9.17) is 4.74 Å². The minimum Gasteiger partial charge on any atom is -0.449 e. The number of carbonyl (C=O) groups is 1. The first-order valence-electron chi connectivity index (χ1n) is 8.42. The lowest BCUT2D eigenvalue weighted by atomic mass is 10.2. The first kappa shape index (κ1) is 17.6. The maximum absolute atomic E-state index is 12.2. The standard InChI is InChI=1S/C17H27N3O2Si/c1-5-6-11-22-17(21)20-10-7-8-15(20)16-18-13-14(19-16)9-12-23(2,3)4/h13,15H,5-8,10-11H2,1-4H3,(H,18,19). The minimum absolute atomic E-state index is 0.0217. The highest BCUT2D eigenvalue weighted by atomic mass is 28.3. The number of hydrogen-bond acceptors (Lipinski definition) is 3. The lowest BCUT2D eigenvalue weighted by molar-refractivity contribution is 0.0957. The van der Waals surface area contributed by atoms with Crippen LogP contribution in [0.1, 0.15) is 50.2 Å². The average molecular weight is 334 g/mol. The number of nitrogens with zero attached hydrogens (tertiary/aromatic N) is 2. The molecule has 1 aromatic heterocycles. The van der Waals surface area contributed by atoms with Gasteiger partial charge >= 0.3 is 6.09 Å². The summed E-state index contributed by atoms with van der Waals surface area (Å²) in [6, 6.07) is -0.0217. The average Bonchev–Trinajstić information content (AvgIpc) is 3.13. The van der Waals surface area contributed by atoms with Gasteiger partial charge in [0.2, 0.25) is 0 Å². The number of imidazole rings is 1. The van der Waals surface area contributed by atoms with Crippen molar-refractivity contribution < 1.29 is 9.53 Å². The normalized spacial score (nSPS) is 17.7. The van der Waals surface area contributed by atoms with Crippen molar-refractivity contribution in [3.05, 3.63) is 17.7 Å². The topological polar surface area (TPSA) is 58.2 Å². The van der Waals surface area contributed by atoms with Gasteiger partial charge in [-0.05, 0) is 19.3 Å². The van der Waals surface area contributed by atoms with E-state index >= 15 is 0 Å². The second kappa shape index (κ2) is 7.69. The van der Waals surface area contributed by atoms with Crippen LogP contribution in [0.15, 0.2) is 6.20 Å². The van der Waals surface area contributed by atoms with E-state index in [1.165, 1.54) is 0 Å². The first-order chi connectivity index (χ1) is 10.9. The Morgan fingerprint density at radius 2 is 2.30 bits per heavy atom. The van der Waals surface area contributed by atoms with Crippen LogP contribution in [0.3, 0.4) is 0 Å². The van der Waals surface area contributed by atoms with Crippen LogP contribution in [0, 0.1) is 11.5 Å². The number of carbonyl (C=O) groups excluding carboxylic acids is 1. The van der Waals surface area contributed by atoms with Crippen molar-refractivity contribution in [1.82, 2.24) is 14.9 Å². The van der Waals surface area contributed by atoms with E-state index < -0.39 is 8.07 Å². The van der Waals surface area contributed by atoms with E-state index in [1.807, 2.05) is 0 Å². The van der Waals surface area contributed by atoms with E-state index in [9.17, 15) is 4.79 Å². The van der Waals surface area contributed by atoms with E-state index in [1.54, 1.807) is 11.1 Å². The van der Waals surface area contributed by atoms with Crippen LogP contribution >= 0.6 is 0 Å². The Morgan fingerprint density at radius 3 is 3.00 bits per heavy atom. The van der Waals surface area contributed by atoms with Crippen molar-refractivity contribution >= 4 is 14.2 Å². The molecule has 5 nitrogen and oxygen atoms in total. The molecule has 1 aromatic rings. The molecule has 2 heterocycles. The largest absolute Gasteiger partial charge is 0.449 e. The number of H-pyrrole nitrogens is 1. The summed E-state index contributed by atoms with van der Waals surface area (Å²) in [6.45, 7) is 9.93. The fourth-order valence-electron chi connectivity index (χ4n) is 2.48. The number of unbranched alkanes of at least 4 members (excludes halogenated alkanes) is 1. The second-order valence-corrected chi connectivity index (χ2v) is 11.8. The van der Waals surface area contributed by atoms with Crippen LogP contribution < -0.4 is 0 Å². The van der Waals surface area contributed by atoms with Crippen molar-refractivity contribution in [3.8, 4) is 11.5 Å². The van der Waals surface area contributed by atoms with Gasteiger partial charge in [0.25, 0.3) is 0 Å². The quantitative estimate of drug-likeness (QED) is 0.519. The summed E-state index contributed by atoms with van der Waals surface area (Å²) in [5.41, 5.74) is 4.15. The van der Waals surface area contributed by atoms with Crippen molar-refractivity contribution in [3.63, 3.8) is 0 Å². The number of aromatic nitrogens is 2. The van der Waals surface area contributed by atoms with Gasteiger partial charge in [-0.15, -0.1) is 5.54 Å². The molecule has 1 unspecified atom stereocenters. The van der Waals surface area contributed by atoms with Gasteiger partial charge in [0.05, 0.1) is 18.8 Å². The molecule has 0 aliphatic carbocycles. The van der Waals surface area contributed by atoms with Crippen LogP contribution in [-0.4, -0.2) is 42.2 Å². The van der Waals surface area contributed by atoms with Gasteiger partial charge < -0.3 is 9.72 Å². The maximum Gasteiger partial charge on any atom is 0.410 e. The Labute approximate surface area is 139 Å². The van der Waals surface area contributed by atoms with Crippen molar-refractivity contribution in [1.29, 1.82) is 0 Å². The zero-order valence-electron chi connectivity index (χ0n) is 14.6. The number of amides is 1. The van der Waals surface area contributed by atoms with Gasteiger partial charge in [0, 0.05) is 6.54 Å². The Hall–Kier alpha value is -1.74. The summed E-state index contributed by atoms with van der Waals surface area (Å²) < 4.78 is 5.34. The van der Waals surface area contributed by atoms with Crippen LogP contribution in [0.4, 0.5) is 4.79 Å². The SMILES string of the molecule is CCCCOC(=O)N1CCCC1c1ncc(C#C[Si](C)(C)C)[nH]1. The Balaban J connectivity index is 2.04. The number of likely N-dealkylation sites (tertiary alicyclic amines) is 1. The minimum atomic E-state index is -1.41. The number of ether oxygens (including phenoxy) is 1. The molecule has 23 heavy (non-hydrogen) atoms. The molecule has 0 bridgehead atoms. The van der Waals surface area contributed by atoms with E-state index in [-0.39, 0.29) is 12.1 Å². The molecule has 1 saturated heterocycles. The van der Waals surface area contributed by atoms with Crippen LogP contribution in [0.5, 0.6) is 0 Å². The van der Waals surface area contributed by atoms with Gasteiger partial charge in [-0.3, -0.25) is 4.90 Å². The highest BCUT2D eigenvalue weighted by molar-refractivity contribution is 6.83. The molecule has 1 N–H and O–H groups in total. The van der Waals surface area contributed by atoms with E-state index in [0.29, 0.717) is 6.61 Å². The van der Waals surface area contributed by atoms with Gasteiger partial charge in [0.15, 0.2) is 0 Å². The molecule has 0 aromatic carbocycles. The third-order valence-electron chi connectivity index (χ3n) is 3.69. The predicted molar refractivity (Wildman–Crippen MR) is 93.7 cm³/mol. The van der Waals surface area contributed by atoms with Crippen LogP contribution in [-0.2, 0) is 4.74 Å². The fourth-order valence-corrected chi connectivity index (χ4v) is 2.99. The number of aromatic amines is 1. The summed E-state index contributed by atoms with van der Waals surface area (Å²) in [7, 11) is -1.41. The van der Waals surface area contributed by atoms with Gasteiger partial charge in [-0.25, -0.2) is 9.78 Å². The highest BCUT2D eigenvalue weighted by Gasteiger charge is 2.32. The molecule has 0 saturated carbocycles. The van der Waals surface area contributed by atoms with Crippen LogP contribution in [0.25, 0.3) is 0 Å². The first-order valence-corrected chi connectivity index (χ1v) is 11.9. The number of rotatable bonds is 4. The molecule has 0 radical (unpaired) electrons. The Bertz CT molecular complexity index is 595. The molecule has 1 aliphatic rings. The van der Waals surface area contributed by atoms with E-state index in [2.05, 4.69) is 48.0 Å². The third kappa shape index (κ3) is 5.14. The van der Waals surface area contributed by atoms with Gasteiger partial charge in [-0.2, -0.15) is 0 Å². The third-order valence-corrected chi connectivity index (χ3v) is 4.57. The molecule has 1 fully saturated rings. The smallest absolute Gasteiger partial charge is 0.410 e. The summed E-state index contributed by atoms with van der Waals surface area (Å²) in [6.07, 6.45) is 5.35. The van der Waals surface area contributed by atoms with Crippen molar-refractivity contribution in [2.75, 3.05) is 13.2 Å². The second-order valence-electron chi connectivity index (χ2n) is 7.00. The zero-order chi connectivity index (χ0) is 16.9. The lowest BCUT2D eigenvalue weighted by Crippen LogP contribution is -2.31. The maximum atomic E-state index is 12.2. The summed E-state index contributed by atoms with van der Waals surface area (Å²) in [5, 5.41) is 0. The molecule has 1 aliphatic heterocycles. The van der Waals surface area contributed by atoms with Gasteiger partial charge in [0.1, 0.15) is 19.6 Å². The number of nitrogens with one attached hydrogen (secondary N) is 1. The molecule has 0 spiro atoms. The van der Waals surface area contributed by atoms with Gasteiger partial charge in [-0.1, -0.05) is 38.9 Å². The van der Waals surface area contributed by atoms with Crippen molar-refractivity contribution in [2.45, 2.75) is 58.3 Å². The molecule has 126 valence electrons. The lowest BCUT2D eigenvalue weighted by Gasteiger charge is -2.22. The molecular weight excluding hydrogens is 306 g/mol. The molecule has 6 heteroatoms. The van der Waals surface area contributed by atoms with E-state index in [0.717, 1.165) is 43.7 Å². The highest BCUT2D eigenvalue weighted by Crippen LogP contribution is 2.30. The summed E-state index contributed by atoms with van der Waals surface area (Å²) in [4.78, 5) is 21.7. The monoisotopic (exact) mass is 333 g/mol. The van der Waals surface area contributed by atoms with Crippen molar-refractivity contribution in [2.24, 2.45) is 0 Å². The Kier molecular flexibility index (Phi) is 5.89. The summed E-state index contributed by atoms with van der Waals surface area (Å²) >= 11 is 0. The Morgan fingerprint density at radius 1 is 1.52 bits per heavy atom. The number of hydrogen-bond donors (Lipinski definition) is 1. The summed E-state index contributed by atoms with van der Waals surface area (Å²) in [5.74, 6) is 3.99. The predicted octanol–water partition coefficient (Wildman–Crippen LogP) is 3.71. The molecule has 2 rings (SSSR count). The molecule has 1 atom stereocenters.